The average Bonchev–Trinajstić information content (AvgIpc) is 2.91. The van der Waals surface area contributed by atoms with Crippen LogP contribution in [-0.2, 0) is 18.4 Å². The number of carbonyl (C=O) groups is 1. The van der Waals surface area contributed by atoms with Gasteiger partial charge in [0, 0.05) is 18.0 Å². The summed E-state index contributed by atoms with van der Waals surface area (Å²) in [7, 11) is 2.13. The zero-order valence-corrected chi connectivity index (χ0v) is 16.1. The zero-order valence-electron chi connectivity index (χ0n) is 15.3. The summed E-state index contributed by atoms with van der Waals surface area (Å²) < 4.78 is 0. The first-order chi connectivity index (χ1) is 11.8. The Morgan fingerprint density at radius 1 is 1.16 bits per heavy atom. The number of nitrogens with one attached hydrogen (secondary N) is 2. The number of nitrogens with zero attached hydrogens (tertiary/aromatic N) is 1. The van der Waals surface area contributed by atoms with Gasteiger partial charge in [0.25, 0.3) is 5.91 Å². The van der Waals surface area contributed by atoms with Crippen LogP contribution in [0.3, 0.4) is 0 Å². The van der Waals surface area contributed by atoms with E-state index in [1.54, 1.807) is 11.3 Å². The molecule has 0 radical (unpaired) electrons. The smallest absolute Gasteiger partial charge is 0.256 e. The van der Waals surface area contributed by atoms with Crippen LogP contribution in [0.5, 0.6) is 0 Å². The minimum absolute atomic E-state index is 0.0562. The van der Waals surface area contributed by atoms with Crippen molar-refractivity contribution in [3.63, 3.8) is 0 Å². The maximum atomic E-state index is 12.8. The third-order valence-electron chi connectivity index (χ3n) is 5.14. The lowest BCUT2D eigenvalue weighted by atomic mass is 9.86. The van der Waals surface area contributed by atoms with E-state index in [-0.39, 0.29) is 17.5 Å². The topological polar surface area (TPSA) is 44.4 Å². The van der Waals surface area contributed by atoms with E-state index in [9.17, 15) is 4.79 Å². The summed E-state index contributed by atoms with van der Waals surface area (Å²) in [6.45, 7) is 8.58. The highest BCUT2D eigenvalue weighted by Crippen LogP contribution is 2.40. The summed E-state index contributed by atoms with van der Waals surface area (Å²) in [6, 6.07) is 8.55. The second-order valence-corrected chi connectivity index (χ2v) is 9.22. The Morgan fingerprint density at radius 3 is 2.56 bits per heavy atom. The van der Waals surface area contributed by atoms with Crippen LogP contribution >= 0.6 is 11.3 Å². The molecule has 2 N–H and O–H groups in total. The average molecular weight is 356 g/mol. The summed E-state index contributed by atoms with van der Waals surface area (Å²) >= 11 is 1.74. The van der Waals surface area contributed by atoms with Crippen molar-refractivity contribution in [1.29, 1.82) is 0 Å². The predicted octanol–water partition coefficient (Wildman–Crippen LogP) is 3.89. The molecule has 2 aliphatic rings. The van der Waals surface area contributed by atoms with Gasteiger partial charge in [0.15, 0.2) is 0 Å². The lowest BCUT2D eigenvalue weighted by molar-refractivity contribution is 0.0935. The Labute approximate surface area is 153 Å². The van der Waals surface area contributed by atoms with E-state index in [0.717, 1.165) is 35.6 Å². The molecule has 0 aliphatic carbocycles. The number of likely N-dealkylation sites (N-methyl/N-ethyl adjacent to an activating group) is 1. The molecule has 3 heterocycles. The van der Waals surface area contributed by atoms with Crippen LogP contribution in [0.15, 0.2) is 24.3 Å². The van der Waals surface area contributed by atoms with E-state index >= 15 is 0 Å². The molecule has 4 rings (SSSR count). The van der Waals surface area contributed by atoms with Gasteiger partial charge >= 0.3 is 0 Å². The fourth-order valence-electron chi connectivity index (χ4n) is 3.59. The molecule has 1 aromatic carbocycles. The zero-order chi connectivity index (χ0) is 17.8. The van der Waals surface area contributed by atoms with E-state index in [4.69, 9.17) is 0 Å². The SMILES string of the molecule is CN1CCc2c(sc3c2C(=O)N[C@@H](c2ccc(C(C)(C)C)cc2)N3)C1. The van der Waals surface area contributed by atoms with Crippen molar-refractivity contribution >= 4 is 22.2 Å². The van der Waals surface area contributed by atoms with Crippen molar-refractivity contribution in [2.75, 3.05) is 18.9 Å². The molecule has 0 unspecified atom stereocenters. The minimum Gasteiger partial charge on any atom is -0.353 e. The maximum absolute atomic E-state index is 12.8. The number of fused-ring (bicyclic) bond motifs is 3. The minimum atomic E-state index is -0.160. The van der Waals surface area contributed by atoms with E-state index < -0.39 is 0 Å². The number of hydrogen-bond acceptors (Lipinski definition) is 4. The first kappa shape index (κ1) is 16.6. The van der Waals surface area contributed by atoms with Crippen molar-refractivity contribution in [3.8, 4) is 0 Å². The number of thiophene rings is 1. The Bertz CT molecular complexity index is 817. The monoisotopic (exact) mass is 355 g/mol. The van der Waals surface area contributed by atoms with Crippen molar-refractivity contribution in [3.05, 3.63) is 51.4 Å². The summed E-state index contributed by atoms with van der Waals surface area (Å²) in [5.74, 6) is 0.0562. The highest BCUT2D eigenvalue weighted by molar-refractivity contribution is 7.16. The number of hydrogen-bond donors (Lipinski definition) is 2. The molecule has 0 saturated heterocycles. The Hall–Kier alpha value is -1.85. The summed E-state index contributed by atoms with van der Waals surface area (Å²) in [5, 5.41) is 7.70. The van der Waals surface area contributed by atoms with E-state index in [1.165, 1.54) is 16.0 Å². The number of carbonyl (C=O) groups excluding carboxylic acids is 1. The molecule has 2 aliphatic heterocycles. The van der Waals surface area contributed by atoms with Crippen molar-refractivity contribution in [1.82, 2.24) is 10.2 Å². The summed E-state index contributed by atoms with van der Waals surface area (Å²) in [4.78, 5) is 16.4. The van der Waals surface area contributed by atoms with Gasteiger partial charge in [0.1, 0.15) is 11.2 Å². The second kappa shape index (κ2) is 5.85. The van der Waals surface area contributed by atoms with Gasteiger partial charge in [-0.05, 0) is 35.6 Å². The molecule has 132 valence electrons. The van der Waals surface area contributed by atoms with Gasteiger partial charge in [-0.15, -0.1) is 11.3 Å². The largest absolute Gasteiger partial charge is 0.353 e. The molecule has 0 bridgehead atoms. The molecule has 25 heavy (non-hydrogen) atoms. The molecule has 0 saturated carbocycles. The van der Waals surface area contributed by atoms with E-state index in [2.05, 4.69) is 67.6 Å². The van der Waals surface area contributed by atoms with Gasteiger partial charge in [-0.25, -0.2) is 0 Å². The highest BCUT2D eigenvalue weighted by Gasteiger charge is 2.32. The van der Waals surface area contributed by atoms with Crippen LogP contribution in [0.1, 0.15) is 58.9 Å². The normalized spacial score (nSPS) is 20.5. The van der Waals surface area contributed by atoms with Gasteiger partial charge in [0.2, 0.25) is 0 Å². The van der Waals surface area contributed by atoms with Gasteiger partial charge < -0.3 is 15.5 Å². The Kier molecular flexibility index (Phi) is 3.89. The van der Waals surface area contributed by atoms with E-state index in [1.807, 2.05) is 0 Å². The lowest BCUT2D eigenvalue weighted by Crippen LogP contribution is -2.38. The van der Waals surface area contributed by atoms with Gasteiger partial charge in [0.05, 0.1) is 5.56 Å². The standard InChI is InChI=1S/C20H25N3OS/c1-20(2,3)13-7-5-12(6-8-13)17-21-18(24)16-14-9-10-23(4)11-15(14)25-19(16)22-17/h5-8,17,22H,9-11H2,1-4H3,(H,21,24)/t17-/m1/s1. The van der Waals surface area contributed by atoms with Crippen LogP contribution in [0, 0.1) is 0 Å². The van der Waals surface area contributed by atoms with Gasteiger partial charge in [-0.3, -0.25) is 4.79 Å². The molecular weight excluding hydrogens is 330 g/mol. The van der Waals surface area contributed by atoms with Crippen LogP contribution < -0.4 is 10.6 Å². The van der Waals surface area contributed by atoms with Crippen LogP contribution in [0.25, 0.3) is 0 Å². The fraction of sp³-hybridized carbons (Fsp3) is 0.450. The third kappa shape index (κ3) is 2.96. The maximum Gasteiger partial charge on any atom is 0.256 e. The van der Waals surface area contributed by atoms with Crippen molar-refractivity contribution in [2.24, 2.45) is 0 Å². The molecule has 1 atom stereocenters. The Morgan fingerprint density at radius 2 is 1.88 bits per heavy atom. The molecule has 1 amide bonds. The number of benzene rings is 1. The lowest BCUT2D eigenvalue weighted by Gasteiger charge is -2.28. The van der Waals surface area contributed by atoms with Crippen LogP contribution in [-0.4, -0.2) is 24.4 Å². The van der Waals surface area contributed by atoms with Crippen LogP contribution in [0.4, 0.5) is 5.00 Å². The third-order valence-corrected chi connectivity index (χ3v) is 6.28. The summed E-state index contributed by atoms with van der Waals surface area (Å²) in [6.07, 6.45) is 0.796. The fourth-order valence-corrected chi connectivity index (χ4v) is 4.94. The number of amides is 1. The highest BCUT2D eigenvalue weighted by atomic mass is 32.1. The molecule has 4 nitrogen and oxygen atoms in total. The first-order valence-corrected chi connectivity index (χ1v) is 9.65. The van der Waals surface area contributed by atoms with Crippen LogP contribution in [0.2, 0.25) is 0 Å². The molecular formula is C20H25N3OS. The Balaban J connectivity index is 1.63. The number of anilines is 1. The van der Waals surface area contributed by atoms with Crippen molar-refractivity contribution in [2.45, 2.75) is 45.3 Å². The molecule has 0 spiro atoms. The van der Waals surface area contributed by atoms with Gasteiger partial charge in [-0.1, -0.05) is 45.0 Å². The molecule has 2 aromatic rings. The summed E-state index contributed by atoms with van der Waals surface area (Å²) in [5.41, 5.74) is 4.64. The first-order valence-electron chi connectivity index (χ1n) is 8.84. The van der Waals surface area contributed by atoms with E-state index in [0.29, 0.717) is 0 Å². The van der Waals surface area contributed by atoms with Crippen molar-refractivity contribution < 1.29 is 4.79 Å². The number of rotatable bonds is 1. The molecule has 0 fully saturated rings. The quantitative estimate of drug-likeness (QED) is 0.816. The molecule has 1 aromatic heterocycles. The molecule has 5 heteroatoms. The predicted molar refractivity (Wildman–Crippen MR) is 103 cm³/mol. The van der Waals surface area contributed by atoms with Gasteiger partial charge in [-0.2, -0.15) is 0 Å². The second-order valence-electron chi connectivity index (χ2n) is 8.12.